The lowest BCUT2D eigenvalue weighted by Gasteiger charge is -2.07. The average Bonchev–Trinajstić information content (AvgIpc) is 2.78. The molecule has 3 N–H and O–H groups in total. The van der Waals surface area contributed by atoms with Gasteiger partial charge in [-0.3, -0.25) is 0 Å². The molecule has 0 unspecified atom stereocenters. The molecule has 0 atom stereocenters. The number of furan rings is 1. The molecule has 0 aliphatic heterocycles. The van der Waals surface area contributed by atoms with E-state index in [1.54, 1.807) is 12.1 Å². The second-order valence-corrected chi connectivity index (χ2v) is 5.74. The molecule has 18 heavy (non-hydrogen) atoms. The highest BCUT2D eigenvalue weighted by Crippen LogP contribution is 2.23. The van der Waals surface area contributed by atoms with Gasteiger partial charge in [-0.2, -0.15) is 0 Å². The number of rotatable bonds is 4. The standard InChI is InChI=1S/C11H11ClN2O3S/c12-10-6-8(13)3-4-11(10)18(15,16)14-7-9-2-1-5-17-9/h1-6,14H,7,13H2. The minimum atomic E-state index is -3.68. The van der Waals surface area contributed by atoms with Gasteiger partial charge in [-0.1, -0.05) is 11.6 Å². The van der Waals surface area contributed by atoms with E-state index in [1.807, 2.05) is 0 Å². The number of hydrogen-bond acceptors (Lipinski definition) is 4. The summed E-state index contributed by atoms with van der Waals surface area (Å²) in [5.41, 5.74) is 5.91. The minimum Gasteiger partial charge on any atom is -0.468 e. The Morgan fingerprint density at radius 3 is 2.72 bits per heavy atom. The summed E-state index contributed by atoms with van der Waals surface area (Å²) in [5.74, 6) is 0.519. The first-order valence-corrected chi connectivity index (χ1v) is 6.92. The third-order valence-electron chi connectivity index (χ3n) is 2.26. The lowest BCUT2D eigenvalue weighted by Crippen LogP contribution is -2.23. The van der Waals surface area contributed by atoms with Crippen molar-refractivity contribution in [2.24, 2.45) is 0 Å². The number of nitrogens with one attached hydrogen (secondary N) is 1. The van der Waals surface area contributed by atoms with Gasteiger partial charge in [0.25, 0.3) is 0 Å². The Hall–Kier alpha value is -1.50. The molecule has 0 bridgehead atoms. The first-order chi connectivity index (χ1) is 8.49. The van der Waals surface area contributed by atoms with Crippen LogP contribution >= 0.6 is 11.6 Å². The summed E-state index contributed by atoms with van der Waals surface area (Å²) in [6.45, 7) is 0.0655. The van der Waals surface area contributed by atoms with E-state index in [0.29, 0.717) is 11.4 Å². The summed E-state index contributed by atoms with van der Waals surface area (Å²) >= 11 is 5.85. The number of halogens is 1. The molecule has 1 aromatic heterocycles. The van der Waals surface area contributed by atoms with Gasteiger partial charge < -0.3 is 10.2 Å². The average molecular weight is 287 g/mol. The quantitative estimate of drug-likeness (QED) is 0.842. The van der Waals surface area contributed by atoms with Crippen LogP contribution in [-0.2, 0) is 16.6 Å². The molecule has 5 nitrogen and oxygen atoms in total. The third-order valence-corrected chi connectivity index (χ3v) is 4.15. The van der Waals surface area contributed by atoms with Crippen LogP contribution in [0.2, 0.25) is 5.02 Å². The van der Waals surface area contributed by atoms with Gasteiger partial charge in [0.05, 0.1) is 17.8 Å². The smallest absolute Gasteiger partial charge is 0.242 e. The van der Waals surface area contributed by atoms with E-state index in [9.17, 15) is 8.42 Å². The Kier molecular flexibility index (Phi) is 3.60. The van der Waals surface area contributed by atoms with E-state index >= 15 is 0 Å². The van der Waals surface area contributed by atoms with Crippen LogP contribution in [0, 0.1) is 0 Å². The van der Waals surface area contributed by atoms with Crippen LogP contribution in [0.25, 0.3) is 0 Å². The van der Waals surface area contributed by atoms with E-state index in [1.165, 1.54) is 24.5 Å². The molecule has 7 heteroatoms. The van der Waals surface area contributed by atoms with Crippen LogP contribution in [0.15, 0.2) is 45.9 Å². The maximum Gasteiger partial charge on any atom is 0.242 e. The van der Waals surface area contributed by atoms with E-state index in [2.05, 4.69) is 4.72 Å². The Morgan fingerprint density at radius 1 is 1.33 bits per heavy atom. The Balaban J connectivity index is 2.20. The minimum absolute atomic E-state index is 0.00933. The number of hydrogen-bond donors (Lipinski definition) is 2. The lowest BCUT2D eigenvalue weighted by molar-refractivity contribution is 0.498. The maximum absolute atomic E-state index is 12.0. The molecule has 2 rings (SSSR count). The van der Waals surface area contributed by atoms with Crippen molar-refractivity contribution in [1.82, 2.24) is 4.72 Å². The second kappa shape index (κ2) is 5.01. The molecule has 1 heterocycles. The SMILES string of the molecule is Nc1ccc(S(=O)(=O)NCc2ccco2)c(Cl)c1. The number of anilines is 1. The zero-order valence-corrected chi connectivity index (χ0v) is 10.8. The van der Waals surface area contributed by atoms with Crippen molar-refractivity contribution in [3.63, 3.8) is 0 Å². The summed E-state index contributed by atoms with van der Waals surface area (Å²) in [4.78, 5) is -0.00933. The van der Waals surface area contributed by atoms with Crippen molar-refractivity contribution in [3.8, 4) is 0 Å². The second-order valence-electron chi connectivity index (χ2n) is 3.59. The molecule has 1 aromatic carbocycles. The van der Waals surface area contributed by atoms with Crippen molar-refractivity contribution in [2.45, 2.75) is 11.4 Å². The van der Waals surface area contributed by atoms with E-state index in [-0.39, 0.29) is 16.5 Å². The molecule has 0 aliphatic carbocycles. The zero-order valence-electron chi connectivity index (χ0n) is 9.26. The van der Waals surface area contributed by atoms with Gasteiger partial charge in [0.15, 0.2) is 0 Å². The van der Waals surface area contributed by atoms with Crippen LogP contribution in [-0.4, -0.2) is 8.42 Å². The monoisotopic (exact) mass is 286 g/mol. The van der Waals surface area contributed by atoms with E-state index < -0.39 is 10.0 Å². The number of benzene rings is 1. The first kappa shape index (κ1) is 12.9. The summed E-state index contributed by atoms with van der Waals surface area (Å²) < 4.78 is 31.4. The van der Waals surface area contributed by atoms with Crippen LogP contribution < -0.4 is 10.5 Å². The molecule has 0 saturated carbocycles. The van der Waals surface area contributed by atoms with Crippen molar-refractivity contribution in [2.75, 3.05) is 5.73 Å². The number of nitrogen functional groups attached to an aromatic ring is 1. The Bertz CT molecular complexity index is 638. The highest BCUT2D eigenvalue weighted by atomic mass is 35.5. The van der Waals surface area contributed by atoms with Gasteiger partial charge >= 0.3 is 0 Å². The molecule has 2 aromatic rings. The molecular formula is C11H11ClN2O3S. The van der Waals surface area contributed by atoms with E-state index in [0.717, 1.165) is 0 Å². The normalized spacial score (nSPS) is 11.6. The van der Waals surface area contributed by atoms with Gasteiger partial charge in [-0.25, -0.2) is 13.1 Å². The molecular weight excluding hydrogens is 276 g/mol. The topological polar surface area (TPSA) is 85.3 Å². The molecule has 0 spiro atoms. The highest BCUT2D eigenvalue weighted by Gasteiger charge is 2.17. The summed E-state index contributed by atoms with van der Waals surface area (Å²) in [7, 11) is -3.68. The molecule has 0 radical (unpaired) electrons. The predicted molar refractivity (Wildman–Crippen MR) is 68.6 cm³/mol. The zero-order chi connectivity index (χ0) is 13.2. The maximum atomic E-state index is 12.0. The molecule has 0 amide bonds. The van der Waals surface area contributed by atoms with Gasteiger partial charge in [0, 0.05) is 5.69 Å². The molecule has 0 saturated heterocycles. The van der Waals surface area contributed by atoms with Crippen molar-refractivity contribution in [3.05, 3.63) is 47.4 Å². The van der Waals surface area contributed by atoms with Gasteiger partial charge in [0.2, 0.25) is 10.0 Å². The highest BCUT2D eigenvalue weighted by molar-refractivity contribution is 7.89. The summed E-state index contributed by atoms with van der Waals surface area (Å²) in [6.07, 6.45) is 1.47. The fraction of sp³-hybridized carbons (Fsp3) is 0.0909. The Morgan fingerprint density at radius 2 is 2.11 bits per heavy atom. The van der Waals surface area contributed by atoms with Crippen LogP contribution in [0.1, 0.15) is 5.76 Å². The van der Waals surface area contributed by atoms with Gasteiger partial charge in [-0.15, -0.1) is 0 Å². The van der Waals surface area contributed by atoms with Crippen LogP contribution in [0.3, 0.4) is 0 Å². The largest absolute Gasteiger partial charge is 0.468 e. The first-order valence-electron chi connectivity index (χ1n) is 5.06. The van der Waals surface area contributed by atoms with Crippen molar-refractivity contribution >= 4 is 27.3 Å². The Labute approximate surface area is 110 Å². The summed E-state index contributed by atoms with van der Waals surface area (Å²) in [5, 5.41) is 0.0851. The number of sulfonamides is 1. The predicted octanol–water partition coefficient (Wildman–Crippen LogP) is 1.99. The molecule has 0 fully saturated rings. The number of nitrogens with two attached hydrogens (primary N) is 1. The van der Waals surface area contributed by atoms with E-state index in [4.69, 9.17) is 21.8 Å². The van der Waals surface area contributed by atoms with Crippen molar-refractivity contribution < 1.29 is 12.8 Å². The van der Waals surface area contributed by atoms with Gasteiger partial charge in [-0.05, 0) is 30.3 Å². The van der Waals surface area contributed by atoms with Gasteiger partial charge in [0.1, 0.15) is 10.7 Å². The van der Waals surface area contributed by atoms with Crippen LogP contribution in [0.5, 0.6) is 0 Å². The molecule has 96 valence electrons. The molecule has 0 aliphatic rings. The van der Waals surface area contributed by atoms with Crippen LogP contribution in [0.4, 0.5) is 5.69 Å². The fourth-order valence-corrected chi connectivity index (χ4v) is 2.94. The fourth-order valence-electron chi connectivity index (χ4n) is 1.39. The summed E-state index contributed by atoms with van der Waals surface area (Å²) in [6, 6.07) is 7.59. The van der Waals surface area contributed by atoms with Crippen molar-refractivity contribution in [1.29, 1.82) is 0 Å². The third kappa shape index (κ3) is 2.84. The lowest BCUT2D eigenvalue weighted by atomic mass is 10.3.